The number of nitrogens with one attached hydrogen (secondary N) is 1. The number of hydrogen-bond donors (Lipinski definition) is 2. The maximum atomic E-state index is 11.4. The fraction of sp³-hybridized carbons (Fsp3) is 1.00. The van der Waals surface area contributed by atoms with Gasteiger partial charge in [-0.3, -0.25) is 0 Å². The highest BCUT2D eigenvalue weighted by Crippen LogP contribution is 1.95. The van der Waals surface area contributed by atoms with Gasteiger partial charge in [0.1, 0.15) is 0 Å². The van der Waals surface area contributed by atoms with E-state index in [0.29, 0.717) is 26.2 Å². The molecule has 0 saturated heterocycles. The molecular weight excluding hydrogens is 204 g/mol. The Morgan fingerprint density at radius 3 is 2.64 bits per heavy atom. The van der Waals surface area contributed by atoms with Crippen LogP contribution in [0, 0.1) is 0 Å². The molecule has 0 bridgehead atoms. The largest absolute Gasteiger partial charge is 0.382 e. The Bertz CT molecular complexity index is 229. The van der Waals surface area contributed by atoms with E-state index in [4.69, 9.17) is 10.5 Å². The van der Waals surface area contributed by atoms with Crippen molar-refractivity contribution in [1.82, 2.24) is 4.72 Å². The Balaban J connectivity index is 3.67. The number of sulfonamides is 1. The molecule has 1 atom stereocenters. The van der Waals surface area contributed by atoms with Crippen molar-refractivity contribution in [1.29, 1.82) is 0 Å². The molecular formula is C8H20N2O3S. The van der Waals surface area contributed by atoms with Crippen LogP contribution in [0.4, 0.5) is 0 Å². The van der Waals surface area contributed by atoms with Crippen LogP contribution < -0.4 is 10.5 Å². The number of ether oxygens (including phenoxy) is 1. The van der Waals surface area contributed by atoms with Gasteiger partial charge in [0.15, 0.2) is 0 Å². The van der Waals surface area contributed by atoms with Crippen LogP contribution in [0.1, 0.15) is 20.3 Å². The van der Waals surface area contributed by atoms with E-state index in [2.05, 4.69) is 4.72 Å². The van der Waals surface area contributed by atoms with E-state index in [1.807, 2.05) is 6.92 Å². The zero-order chi connectivity index (χ0) is 11.0. The molecule has 5 nitrogen and oxygen atoms in total. The molecule has 0 aromatic heterocycles. The Morgan fingerprint density at radius 2 is 2.14 bits per heavy atom. The average Bonchev–Trinajstić information content (AvgIpc) is 2.16. The number of rotatable bonds is 8. The van der Waals surface area contributed by atoms with E-state index in [1.165, 1.54) is 0 Å². The lowest BCUT2D eigenvalue weighted by molar-refractivity contribution is 0.146. The normalized spacial score (nSPS) is 14.2. The zero-order valence-corrected chi connectivity index (χ0v) is 9.64. The van der Waals surface area contributed by atoms with Crippen LogP contribution in [0.25, 0.3) is 0 Å². The van der Waals surface area contributed by atoms with Crippen molar-refractivity contribution in [3.63, 3.8) is 0 Å². The molecule has 1 unspecified atom stereocenters. The molecule has 0 rings (SSSR count). The molecule has 0 aliphatic rings. The zero-order valence-electron chi connectivity index (χ0n) is 8.82. The summed E-state index contributed by atoms with van der Waals surface area (Å²) in [6, 6.07) is 0. The Hall–Kier alpha value is -0.170. The highest BCUT2D eigenvalue weighted by Gasteiger charge is 2.17. The third kappa shape index (κ3) is 5.54. The van der Waals surface area contributed by atoms with Crippen LogP contribution in [0.3, 0.4) is 0 Å². The lowest BCUT2D eigenvalue weighted by atomic mass is 10.5. The van der Waals surface area contributed by atoms with Crippen molar-refractivity contribution in [2.24, 2.45) is 5.73 Å². The SMILES string of the molecule is CCOCCCNS(=O)(=O)C(C)CN. The lowest BCUT2D eigenvalue weighted by Crippen LogP contribution is -2.37. The van der Waals surface area contributed by atoms with Crippen molar-refractivity contribution < 1.29 is 13.2 Å². The van der Waals surface area contributed by atoms with Gasteiger partial charge in [0.05, 0.1) is 5.25 Å². The third-order valence-electron chi connectivity index (χ3n) is 1.83. The fourth-order valence-electron chi connectivity index (χ4n) is 0.802. The van der Waals surface area contributed by atoms with Gasteiger partial charge in [-0.25, -0.2) is 13.1 Å². The summed E-state index contributed by atoms with van der Waals surface area (Å²) in [5.41, 5.74) is 5.27. The van der Waals surface area contributed by atoms with Crippen LogP contribution in [-0.2, 0) is 14.8 Å². The molecule has 3 N–H and O–H groups in total. The van der Waals surface area contributed by atoms with E-state index < -0.39 is 15.3 Å². The summed E-state index contributed by atoms with van der Waals surface area (Å²) in [7, 11) is -3.23. The molecule has 0 fully saturated rings. The van der Waals surface area contributed by atoms with Gasteiger partial charge < -0.3 is 10.5 Å². The van der Waals surface area contributed by atoms with Gasteiger partial charge in [0.25, 0.3) is 0 Å². The van der Waals surface area contributed by atoms with Gasteiger partial charge in [-0.2, -0.15) is 0 Å². The molecule has 0 aliphatic carbocycles. The first kappa shape index (κ1) is 13.8. The van der Waals surface area contributed by atoms with Gasteiger partial charge in [-0.15, -0.1) is 0 Å². The summed E-state index contributed by atoms with van der Waals surface area (Å²) in [6.45, 7) is 5.28. The standard InChI is InChI=1S/C8H20N2O3S/c1-3-13-6-4-5-10-14(11,12)8(2)7-9/h8,10H,3-7,9H2,1-2H3. The molecule has 0 aromatic carbocycles. The first-order chi connectivity index (χ1) is 6.54. The molecule has 14 heavy (non-hydrogen) atoms. The van der Waals surface area contributed by atoms with Crippen molar-refractivity contribution in [3.05, 3.63) is 0 Å². The maximum absolute atomic E-state index is 11.4. The maximum Gasteiger partial charge on any atom is 0.215 e. The summed E-state index contributed by atoms with van der Waals surface area (Å²) in [5.74, 6) is 0. The monoisotopic (exact) mass is 224 g/mol. The number of nitrogens with two attached hydrogens (primary N) is 1. The summed E-state index contributed by atoms with van der Waals surface area (Å²) >= 11 is 0. The predicted octanol–water partition coefficient (Wildman–Crippen LogP) is -0.320. The minimum Gasteiger partial charge on any atom is -0.382 e. The van der Waals surface area contributed by atoms with E-state index in [9.17, 15) is 8.42 Å². The second-order valence-corrected chi connectivity index (χ2v) is 5.22. The van der Waals surface area contributed by atoms with E-state index >= 15 is 0 Å². The Kier molecular flexibility index (Phi) is 7.08. The highest BCUT2D eigenvalue weighted by atomic mass is 32.2. The van der Waals surface area contributed by atoms with Gasteiger partial charge in [0, 0.05) is 26.3 Å². The predicted molar refractivity (Wildman–Crippen MR) is 56.5 cm³/mol. The smallest absolute Gasteiger partial charge is 0.215 e. The van der Waals surface area contributed by atoms with Gasteiger partial charge in [0.2, 0.25) is 10.0 Å². The topological polar surface area (TPSA) is 81.4 Å². The minimum absolute atomic E-state index is 0.140. The molecule has 0 aromatic rings. The molecule has 6 heteroatoms. The van der Waals surface area contributed by atoms with Crippen LogP contribution in [-0.4, -0.2) is 40.0 Å². The van der Waals surface area contributed by atoms with Crippen molar-refractivity contribution >= 4 is 10.0 Å². The second-order valence-electron chi connectivity index (χ2n) is 3.04. The molecule has 0 heterocycles. The van der Waals surface area contributed by atoms with Crippen molar-refractivity contribution in [2.45, 2.75) is 25.5 Å². The third-order valence-corrected chi connectivity index (χ3v) is 3.69. The minimum atomic E-state index is -3.23. The fourth-order valence-corrected chi connectivity index (χ4v) is 1.77. The Morgan fingerprint density at radius 1 is 1.50 bits per heavy atom. The molecule has 86 valence electrons. The van der Waals surface area contributed by atoms with Crippen LogP contribution in [0.5, 0.6) is 0 Å². The molecule has 0 aliphatic heterocycles. The molecule has 0 spiro atoms. The first-order valence-electron chi connectivity index (χ1n) is 4.81. The summed E-state index contributed by atoms with van der Waals surface area (Å²) < 4.78 is 30.3. The van der Waals surface area contributed by atoms with Crippen LogP contribution >= 0.6 is 0 Å². The van der Waals surface area contributed by atoms with Crippen LogP contribution in [0.15, 0.2) is 0 Å². The van der Waals surface area contributed by atoms with Gasteiger partial charge in [-0.05, 0) is 20.3 Å². The van der Waals surface area contributed by atoms with Crippen molar-refractivity contribution in [3.8, 4) is 0 Å². The van der Waals surface area contributed by atoms with Crippen LogP contribution in [0.2, 0.25) is 0 Å². The quantitative estimate of drug-likeness (QED) is 0.554. The highest BCUT2D eigenvalue weighted by molar-refractivity contribution is 7.90. The van der Waals surface area contributed by atoms with Gasteiger partial charge >= 0.3 is 0 Å². The van der Waals surface area contributed by atoms with Gasteiger partial charge in [-0.1, -0.05) is 0 Å². The van der Waals surface area contributed by atoms with Crippen molar-refractivity contribution in [2.75, 3.05) is 26.3 Å². The van der Waals surface area contributed by atoms with E-state index in [-0.39, 0.29) is 6.54 Å². The first-order valence-corrected chi connectivity index (χ1v) is 6.35. The van der Waals surface area contributed by atoms with E-state index in [0.717, 1.165) is 0 Å². The van der Waals surface area contributed by atoms with E-state index in [1.54, 1.807) is 6.92 Å². The Labute approximate surface area is 86.1 Å². The summed E-state index contributed by atoms with van der Waals surface area (Å²) in [4.78, 5) is 0. The summed E-state index contributed by atoms with van der Waals surface area (Å²) in [6.07, 6.45) is 0.685. The molecule has 0 saturated carbocycles. The molecule has 0 amide bonds. The average molecular weight is 224 g/mol. The molecule has 0 radical (unpaired) electrons. The summed E-state index contributed by atoms with van der Waals surface area (Å²) in [5, 5.41) is -0.533. The number of hydrogen-bond acceptors (Lipinski definition) is 4. The lowest BCUT2D eigenvalue weighted by Gasteiger charge is -2.11. The second kappa shape index (κ2) is 7.17.